The molecular weight excluding hydrogens is 542 g/mol. The van der Waals surface area contributed by atoms with E-state index in [2.05, 4.69) is 0 Å². The number of halogens is 14. The van der Waals surface area contributed by atoms with Crippen molar-refractivity contribution in [2.75, 3.05) is 0 Å². The molecule has 0 radical (unpaired) electrons. The summed E-state index contributed by atoms with van der Waals surface area (Å²) < 4.78 is 167. The minimum Gasteiger partial charge on any atom is -0.200 e. The molecule has 0 aliphatic heterocycles. The summed E-state index contributed by atoms with van der Waals surface area (Å²) >= 11 is 1.16. The van der Waals surface area contributed by atoms with Gasteiger partial charge < -0.3 is 0 Å². The zero-order chi connectivity index (χ0) is 22.8. The molecular formula is C14H16F13I. The Balaban J connectivity index is 5.67. The standard InChI is InChI=1S/C14H16F13I/c1-2-3-4-5-6-8(28)7-9(15,16)10(17,18)11(19,20)12(21,22)13(23,24)14(25,26)27/h8H,2-7H2,1H3. The minimum atomic E-state index is -7.83. The third-order valence-corrected chi connectivity index (χ3v) is 4.91. The van der Waals surface area contributed by atoms with Crippen LogP contribution >= 0.6 is 22.6 Å². The Morgan fingerprint density at radius 2 is 1.04 bits per heavy atom. The van der Waals surface area contributed by atoms with Crippen LogP contribution in [0.4, 0.5) is 57.1 Å². The maximum Gasteiger partial charge on any atom is 0.460 e. The average molecular weight is 558 g/mol. The van der Waals surface area contributed by atoms with Gasteiger partial charge in [-0.05, 0) is 6.42 Å². The molecule has 0 heterocycles. The second kappa shape index (κ2) is 8.90. The van der Waals surface area contributed by atoms with E-state index in [1.165, 1.54) is 0 Å². The number of hydrogen-bond donors (Lipinski definition) is 0. The predicted octanol–water partition coefficient (Wildman–Crippen LogP) is 7.89. The van der Waals surface area contributed by atoms with Crippen molar-refractivity contribution in [3.8, 4) is 0 Å². The Kier molecular flexibility index (Phi) is 8.84. The number of unbranched alkanes of at least 4 members (excludes halogenated alkanes) is 3. The fourth-order valence-electron chi connectivity index (χ4n) is 2.10. The zero-order valence-corrected chi connectivity index (χ0v) is 16.3. The first-order valence-electron chi connectivity index (χ1n) is 7.80. The van der Waals surface area contributed by atoms with Gasteiger partial charge in [0, 0.05) is 10.3 Å². The van der Waals surface area contributed by atoms with Crippen molar-refractivity contribution in [3.05, 3.63) is 0 Å². The molecule has 14 heteroatoms. The first kappa shape index (κ1) is 27.8. The molecule has 0 aromatic heterocycles. The molecule has 0 aromatic rings. The highest BCUT2D eigenvalue weighted by Gasteiger charge is 2.90. The largest absolute Gasteiger partial charge is 0.460 e. The van der Waals surface area contributed by atoms with E-state index in [-0.39, 0.29) is 12.8 Å². The van der Waals surface area contributed by atoms with E-state index < -0.39 is 46.1 Å². The second-order valence-corrected chi connectivity index (χ2v) is 7.91. The summed E-state index contributed by atoms with van der Waals surface area (Å²) in [6.07, 6.45) is -7.65. The molecule has 0 aromatic carbocycles. The first-order valence-corrected chi connectivity index (χ1v) is 9.05. The maximum absolute atomic E-state index is 13.6. The van der Waals surface area contributed by atoms with E-state index >= 15 is 0 Å². The Morgan fingerprint density at radius 3 is 1.43 bits per heavy atom. The molecule has 0 rings (SSSR count). The molecule has 170 valence electrons. The molecule has 0 aliphatic rings. The first-order chi connectivity index (χ1) is 12.2. The van der Waals surface area contributed by atoms with E-state index in [0.717, 1.165) is 29.0 Å². The Bertz CT molecular complexity index is 498. The molecule has 1 atom stereocenters. The topological polar surface area (TPSA) is 0 Å². The van der Waals surface area contributed by atoms with Crippen molar-refractivity contribution in [2.24, 2.45) is 0 Å². The Morgan fingerprint density at radius 1 is 0.607 bits per heavy atom. The Hall–Kier alpha value is -0.180. The number of alkyl halides is 14. The van der Waals surface area contributed by atoms with Gasteiger partial charge in [-0.25, -0.2) is 0 Å². The van der Waals surface area contributed by atoms with Gasteiger partial charge in [0.2, 0.25) is 0 Å². The Labute approximate surface area is 165 Å². The summed E-state index contributed by atoms with van der Waals surface area (Å²) in [6, 6.07) is 0. The zero-order valence-electron chi connectivity index (χ0n) is 14.1. The summed E-state index contributed by atoms with van der Waals surface area (Å²) in [5.74, 6) is -36.3. The summed E-state index contributed by atoms with van der Waals surface area (Å²) in [5.41, 5.74) is 0. The van der Waals surface area contributed by atoms with Gasteiger partial charge in [0.05, 0.1) is 0 Å². The summed E-state index contributed by atoms with van der Waals surface area (Å²) in [7, 11) is 0. The average Bonchev–Trinajstić information content (AvgIpc) is 2.49. The van der Waals surface area contributed by atoms with E-state index in [9.17, 15) is 57.1 Å². The van der Waals surface area contributed by atoms with E-state index in [4.69, 9.17) is 0 Å². The van der Waals surface area contributed by atoms with Crippen molar-refractivity contribution >= 4 is 22.6 Å². The van der Waals surface area contributed by atoms with Gasteiger partial charge in [0.15, 0.2) is 0 Å². The molecule has 0 fully saturated rings. The molecule has 0 aliphatic carbocycles. The van der Waals surface area contributed by atoms with Crippen LogP contribution in [0, 0.1) is 0 Å². The molecule has 28 heavy (non-hydrogen) atoms. The van der Waals surface area contributed by atoms with Crippen LogP contribution in [0.3, 0.4) is 0 Å². The lowest BCUT2D eigenvalue weighted by atomic mass is 9.91. The van der Waals surface area contributed by atoms with Gasteiger partial charge in [-0.1, -0.05) is 55.2 Å². The normalized spacial score (nSPS) is 16.4. The van der Waals surface area contributed by atoms with Gasteiger partial charge >= 0.3 is 35.8 Å². The van der Waals surface area contributed by atoms with Crippen molar-refractivity contribution in [1.82, 2.24) is 0 Å². The van der Waals surface area contributed by atoms with Gasteiger partial charge in [0.25, 0.3) is 0 Å². The highest BCUT2D eigenvalue weighted by atomic mass is 127. The monoisotopic (exact) mass is 558 g/mol. The number of rotatable bonds is 11. The molecule has 0 spiro atoms. The maximum atomic E-state index is 13.6. The van der Waals surface area contributed by atoms with Crippen LogP contribution < -0.4 is 0 Å². The smallest absolute Gasteiger partial charge is 0.200 e. The van der Waals surface area contributed by atoms with Gasteiger partial charge in [0.1, 0.15) is 0 Å². The highest BCUT2D eigenvalue weighted by Crippen LogP contribution is 2.61. The molecule has 0 saturated carbocycles. The molecule has 0 N–H and O–H groups in total. The van der Waals surface area contributed by atoms with Gasteiger partial charge in [-0.2, -0.15) is 57.1 Å². The lowest BCUT2D eigenvalue weighted by molar-refractivity contribution is -0.440. The lowest BCUT2D eigenvalue weighted by Gasteiger charge is -2.40. The number of hydrogen-bond acceptors (Lipinski definition) is 0. The molecule has 0 amide bonds. The second-order valence-electron chi connectivity index (χ2n) is 6.15. The lowest BCUT2D eigenvalue weighted by Crippen LogP contribution is -2.70. The summed E-state index contributed by atoms with van der Waals surface area (Å²) in [5, 5.41) is 0. The van der Waals surface area contributed by atoms with Gasteiger partial charge in [-0.15, -0.1) is 0 Å². The van der Waals surface area contributed by atoms with E-state index in [1.54, 1.807) is 6.92 Å². The van der Waals surface area contributed by atoms with Crippen LogP contribution in [-0.2, 0) is 0 Å². The summed E-state index contributed by atoms with van der Waals surface area (Å²) in [6.45, 7) is 1.79. The fourth-order valence-corrected chi connectivity index (χ4v) is 3.10. The quantitative estimate of drug-likeness (QED) is 0.105. The third kappa shape index (κ3) is 5.10. The van der Waals surface area contributed by atoms with Crippen LogP contribution in [0.1, 0.15) is 45.4 Å². The van der Waals surface area contributed by atoms with E-state index in [0.29, 0.717) is 12.8 Å². The van der Waals surface area contributed by atoms with Crippen LogP contribution in [0.5, 0.6) is 0 Å². The van der Waals surface area contributed by atoms with Crippen molar-refractivity contribution in [1.29, 1.82) is 0 Å². The fraction of sp³-hybridized carbons (Fsp3) is 1.00. The van der Waals surface area contributed by atoms with Crippen molar-refractivity contribution < 1.29 is 57.1 Å². The molecule has 1 unspecified atom stereocenters. The van der Waals surface area contributed by atoms with Crippen molar-refractivity contribution in [2.45, 2.75) is 85.2 Å². The predicted molar refractivity (Wildman–Crippen MR) is 82.0 cm³/mol. The SMILES string of the molecule is CCCCCCC(I)CC(F)(F)C(F)(F)C(F)(F)C(F)(F)C(F)(F)C(F)(F)F. The van der Waals surface area contributed by atoms with Gasteiger partial charge in [-0.3, -0.25) is 0 Å². The van der Waals surface area contributed by atoms with Crippen molar-refractivity contribution in [3.63, 3.8) is 0 Å². The third-order valence-electron chi connectivity index (χ3n) is 3.85. The van der Waals surface area contributed by atoms with E-state index in [1.807, 2.05) is 0 Å². The minimum absolute atomic E-state index is 0.201. The molecule has 0 saturated heterocycles. The van der Waals surface area contributed by atoms with Crippen LogP contribution in [-0.4, -0.2) is 39.7 Å². The summed E-state index contributed by atoms with van der Waals surface area (Å²) in [4.78, 5) is 0. The molecule has 0 nitrogen and oxygen atoms in total. The van der Waals surface area contributed by atoms with Crippen LogP contribution in [0.25, 0.3) is 0 Å². The van der Waals surface area contributed by atoms with Crippen LogP contribution in [0.2, 0.25) is 0 Å². The molecule has 0 bridgehead atoms. The van der Waals surface area contributed by atoms with Crippen LogP contribution in [0.15, 0.2) is 0 Å². The highest BCUT2D eigenvalue weighted by molar-refractivity contribution is 14.1.